The molecule has 0 spiro atoms. The molecule has 2 heterocycles. The number of nitrogen functional groups attached to an aromatic ring is 1. The molecule has 2 N–H and O–H groups in total. The molecule has 112 valence electrons. The first-order valence-corrected chi connectivity index (χ1v) is 7.08. The van der Waals surface area contributed by atoms with Crippen molar-refractivity contribution >= 4 is 5.82 Å². The number of piperidine rings is 1. The van der Waals surface area contributed by atoms with Crippen LogP contribution in [-0.2, 0) is 6.54 Å². The van der Waals surface area contributed by atoms with Gasteiger partial charge in [-0.3, -0.25) is 9.58 Å². The average molecular weight is 292 g/mol. The fourth-order valence-electron chi connectivity index (χ4n) is 2.86. The zero-order chi connectivity index (χ0) is 14.8. The van der Waals surface area contributed by atoms with Gasteiger partial charge >= 0.3 is 0 Å². The van der Waals surface area contributed by atoms with E-state index in [1.165, 1.54) is 12.1 Å². The van der Waals surface area contributed by atoms with Crippen LogP contribution in [-0.4, -0.2) is 27.8 Å². The third kappa shape index (κ3) is 3.39. The quantitative estimate of drug-likeness (QED) is 0.946. The van der Waals surface area contributed by atoms with Crippen molar-refractivity contribution in [1.29, 1.82) is 0 Å². The van der Waals surface area contributed by atoms with Crippen LogP contribution in [0.5, 0.6) is 0 Å². The Morgan fingerprint density at radius 2 is 1.81 bits per heavy atom. The molecule has 0 unspecified atom stereocenters. The molecule has 1 aromatic carbocycles. The number of halogens is 2. The van der Waals surface area contributed by atoms with E-state index in [1.54, 1.807) is 6.07 Å². The van der Waals surface area contributed by atoms with Crippen molar-refractivity contribution in [2.45, 2.75) is 25.4 Å². The minimum absolute atomic E-state index is 0.350. The van der Waals surface area contributed by atoms with Crippen molar-refractivity contribution < 1.29 is 8.78 Å². The summed E-state index contributed by atoms with van der Waals surface area (Å²) in [7, 11) is 0. The van der Waals surface area contributed by atoms with Gasteiger partial charge in [-0.25, -0.2) is 8.78 Å². The number of anilines is 1. The smallest absolute Gasteiger partial charge is 0.145 e. The third-order valence-electron chi connectivity index (χ3n) is 3.89. The van der Waals surface area contributed by atoms with Gasteiger partial charge in [0.2, 0.25) is 0 Å². The van der Waals surface area contributed by atoms with Gasteiger partial charge in [-0.15, -0.1) is 0 Å². The Hall–Kier alpha value is -1.95. The summed E-state index contributed by atoms with van der Waals surface area (Å²) in [6, 6.07) is 5.83. The van der Waals surface area contributed by atoms with E-state index in [-0.39, 0.29) is 0 Å². The summed E-state index contributed by atoms with van der Waals surface area (Å²) in [5.74, 6) is -0.508. The zero-order valence-corrected chi connectivity index (χ0v) is 11.7. The highest BCUT2D eigenvalue weighted by Crippen LogP contribution is 2.23. The zero-order valence-electron chi connectivity index (χ0n) is 11.7. The molecule has 0 bridgehead atoms. The number of likely N-dealkylation sites (tertiary alicyclic amines) is 1. The van der Waals surface area contributed by atoms with Gasteiger partial charge in [0.15, 0.2) is 0 Å². The van der Waals surface area contributed by atoms with Gasteiger partial charge in [0.1, 0.15) is 17.5 Å². The molecule has 1 saturated heterocycles. The molecule has 3 rings (SSSR count). The second kappa shape index (κ2) is 5.81. The lowest BCUT2D eigenvalue weighted by molar-refractivity contribution is 0.173. The maximum atomic E-state index is 13.2. The summed E-state index contributed by atoms with van der Waals surface area (Å²) in [6.07, 6.45) is 3.81. The lowest BCUT2D eigenvalue weighted by Gasteiger charge is -2.32. The van der Waals surface area contributed by atoms with Crippen LogP contribution in [0.1, 0.15) is 24.4 Å². The summed E-state index contributed by atoms with van der Waals surface area (Å²) < 4.78 is 28.3. The minimum atomic E-state index is -0.521. The monoisotopic (exact) mass is 292 g/mol. The summed E-state index contributed by atoms with van der Waals surface area (Å²) in [5, 5.41) is 4.24. The highest BCUT2D eigenvalue weighted by molar-refractivity contribution is 5.24. The molecule has 1 aromatic heterocycles. The van der Waals surface area contributed by atoms with Crippen molar-refractivity contribution in [2.75, 3.05) is 18.8 Å². The molecule has 21 heavy (non-hydrogen) atoms. The number of rotatable bonds is 3. The molecule has 6 heteroatoms. The Labute approximate surface area is 122 Å². The summed E-state index contributed by atoms with van der Waals surface area (Å²) in [5.41, 5.74) is 6.30. The van der Waals surface area contributed by atoms with E-state index >= 15 is 0 Å². The molecular formula is C15H18F2N4. The van der Waals surface area contributed by atoms with E-state index in [4.69, 9.17) is 5.73 Å². The molecule has 2 aromatic rings. The van der Waals surface area contributed by atoms with E-state index in [9.17, 15) is 8.78 Å². The summed E-state index contributed by atoms with van der Waals surface area (Å²) in [6.45, 7) is 2.33. The minimum Gasteiger partial charge on any atom is -0.382 e. The lowest BCUT2D eigenvalue weighted by Crippen LogP contribution is -2.34. The molecule has 0 saturated carbocycles. The predicted octanol–water partition coefficient (Wildman–Crippen LogP) is 2.58. The van der Waals surface area contributed by atoms with Crippen molar-refractivity contribution in [1.82, 2.24) is 14.7 Å². The van der Waals surface area contributed by atoms with Crippen LogP contribution >= 0.6 is 0 Å². The van der Waals surface area contributed by atoms with Crippen molar-refractivity contribution in [3.05, 3.63) is 47.7 Å². The van der Waals surface area contributed by atoms with Gasteiger partial charge in [0.05, 0.1) is 6.04 Å². The Kier molecular flexibility index (Phi) is 3.88. The van der Waals surface area contributed by atoms with Gasteiger partial charge in [-0.1, -0.05) is 0 Å². The molecule has 0 atom stereocenters. The first-order chi connectivity index (χ1) is 10.1. The van der Waals surface area contributed by atoms with Crippen molar-refractivity contribution in [3.8, 4) is 0 Å². The molecule has 0 radical (unpaired) electrons. The second-order valence-electron chi connectivity index (χ2n) is 5.51. The molecular weight excluding hydrogens is 274 g/mol. The van der Waals surface area contributed by atoms with Crippen LogP contribution < -0.4 is 5.73 Å². The maximum Gasteiger partial charge on any atom is 0.145 e. The molecule has 1 aliphatic heterocycles. The van der Waals surface area contributed by atoms with E-state index in [0.717, 1.165) is 32.0 Å². The van der Waals surface area contributed by atoms with Crippen molar-refractivity contribution in [3.63, 3.8) is 0 Å². The Balaban J connectivity index is 1.58. The third-order valence-corrected chi connectivity index (χ3v) is 3.89. The first-order valence-electron chi connectivity index (χ1n) is 7.08. The molecule has 1 fully saturated rings. The van der Waals surface area contributed by atoms with E-state index < -0.39 is 11.6 Å². The number of hydrogen-bond acceptors (Lipinski definition) is 3. The fraction of sp³-hybridized carbons (Fsp3) is 0.400. The van der Waals surface area contributed by atoms with Crippen molar-refractivity contribution in [2.24, 2.45) is 0 Å². The lowest BCUT2D eigenvalue weighted by atomic mass is 10.0. The van der Waals surface area contributed by atoms with E-state index in [2.05, 4.69) is 10.00 Å². The average Bonchev–Trinajstić information content (AvgIpc) is 2.85. The van der Waals surface area contributed by atoms with Crippen LogP contribution in [0.2, 0.25) is 0 Å². The summed E-state index contributed by atoms with van der Waals surface area (Å²) in [4.78, 5) is 2.21. The highest BCUT2D eigenvalue weighted by Gasteiger charge is 2.21. The molecule has 0 aliphatic carbocycles. The number of hydrogen-bond donors (Lipinski definition) is 1. The standard InChI is InChI=1S/C15H18F2N4/c16-12-7-11(8-13(17)9-12)10-20-4-1-14(2-5-20)21-6-3-15(18)19-21/h3,6-9,14H,1-2,4-5,10H2,(H2,18,19). The van der Waals surface area contributed by atoms with Crippen LogP contribution in [0.25, 0.3) is 0 Å². The van der Waals surface area contributed by atoms with Crippen LogP contribution in [0.3, 0.4) is 0 Å². The van der Waals surface area contributed by atoms with Crippen LogP contribution in [0, 0.1) is 11.6 Å². The Bertz CT molecular complexity index is 598. The Morgan fingerprint density at radius 1 is 1.14 bits per heavy atom. The SMILES string of the molecule is Nc1ccn(C2CCN(Cc3cc(F)cc(F)c3)CC2)n1. The van der Waals surface area contributed by atoms with Crippen LogP contribution in [0.15, 0.2) is 30.5 Å². The van der Waals surface area contributed by atoms with Gasteiger partial charge in [0.25, 0.3) is 0 Å². The maximum absolute atomic E-state index is 13.2. The number of nitrogens with zero attached hydrogens (tertiary/aromatic N) is 3. The normalized spacial score (nSPS) is 17.2. The van der Waals surface area contributed by atoms with Gasteiger partial charge in [-0.05, 0) is 36.6 Å². The molecule has 1 aliphatic rings. The predicted molar refractivity (Wildman–Crippen MR) is 76.5 cm³/mol. The highest BCUT2D eigenvalue weighted by atomic mass is 19.1. The number of nitrogens with two attached hydrogens (primary N) is 1. The number of benzene rings is 1. The topological polar surface area (TPSA) is 47.1 Å². The molecule has 0 amide bonds. The van der Waals surface area contributed by atoms with Gasteiger partial charge < -0.3 is 5.73 Å². The van der Waals surface area contributed by atoms with E-state index in [1.807, 2.05) is 10.9 Å². The summed E-state index contributed by atoms with van der Waals surface area (Å²) >= 11 is 0. The fourth-order valence-corrected chi connectivity index (χ4v) is 2.86. The Morgan fingerprint density at radius 3 is 2.38 bits per heavy atom. The second-order valence-corrected chi connectivity index (χ2v) is 5.51. The first kappa shape index (κ1) is 14.0. The number of aromatic nitrogens is 2. The van der Waals surface area contributed by atoms with Crippen LogP contribution in [0.4, 0.5) is 14.6 Å². The van der Waals surface area contributed by atoms with Gasteiger partial charge in [-0.2, -0.15) is 5.10 Å². The largest absolute Gasteiger partial charge is 0.382 e. The molecule has 4 nitrogen and oxygen atoms in total. The van der Waals surface area contributed by atoms with E-state index in [0.29, 0.717) is 24.0 Å². The van der Waals surface area contributed by atoms with Gasteiger partial charge in [0, 0.05) is 31.9 Å².